The predicted molar refractivity (Wildman–Crippen MR) is 55.8 cm³/mol. The first-order chi connectivity index (χ1) is 7.09. The van der Waals surface area contributed by atoms with Gasteiger partial charge in [-0.3, -0.25) is 10.1 Å². The molecule has 0 aromatic heterocycles. The molecule has 0 spiro atoms. The highest BCUT2D eigenvalue weighted by atomic mass is 16.6. The van der Waals surface area contributed by atoms with Crippen LogP contribution >= 0.6 is 0 Å². The van der Waals surface area contributed by atoms with Gasteiger partial charge in [-0.2, -0.15) is 0 Å². The van der Waals surface area contributed by atoms with Crippen LogP contribution in [0.2, 0.25) is 0 Å². The first-order valence-corrected chi connectivity index (χ1v) is 4.95. The lowest BCUT2D eigenvalue weighted by atomic mass is 9.95. The molecular weight excluding hydrogens is 194 g/mol. The maximum Gasteiger partial charge on any atom is 0.272 e. The zero-order valence-electron chi connectivity index (χ0n) is 8.56. The van der Waals surface area contributed by atoms with Crippen LogP contribution in [0.1, 0.15) is 24.0 Å². The first kappa shape index (κ1) is 10.1. The van der Waals surface area contributed by atoms with Crippen LogP contribution in [0.25, 0.3) is 0 Å². The molecule has 4 heteroatoms. The van der Waals surface area contributed by atoms with Crippen LogP contribution in [0.3, 0.4) is 0 Å². The van der Waals surface area contributed by atoms with Crippen molar-refractivity contribution in [2.24, 2.45) is 0 Å². The second-order valence-corrected chi connectivity index (χ2v) is 4.20. The number of aliphatic hydroxyl groups excluding tert-OH is 1. The second kappa shape index (κ2) is 3.31. The Kier molecular flexibility index (Phi) is 2.23. The van der Waals surface area contributed by atoms with Crippen LogP contribution < -0.4 is 0 Å². The maximum atomic E-state index is 10.6. The van der Waals surface area contributed by atoms with Gasteiger partial charge in [-0.1, -0.05) is 6.07 Å². The number of benzene rings is 1. The number of hydrogen-bond donors (Lipinski definition) is 1. The molecular formula is C11H13NO3. The molecule has 0 unspecified atom stereocenters. The third-order valence-corrected chi connectivity index (χ3v) is 3.16. The number of hydrogen-bond acceptors (Lipinski definition) is 3. The van der Waals surface area contributed by atoms with Gasteiger partial charge < -0.3 is 5.11 Å². The van der Waals surface area contributed by atoms with Crippen LogP contribution in [0.5, 0.6) is 0 Å². The minimum atomic E-state index is -0.377. The van der Waals surface area contributed by atoms with Gasteiger partial charge in [0.1, 0.15) is 0 Å². The van der Waals surface area contributed by atoms with Gasteiger partial charge in [-0.15, -0.1) is 0 Å². The van der Waals surface area contributed by atoms with Crippen LogP contribution in [0.4, 0.5) is 5.69 Å². The fraction of sp³-hybridized carbons (Fsp3) is 0.455. The van der Waals surface area contributed by atoms with E-state index in [1.165, 1.54) is 6.07 Å². The van der Waals surface area contributed by atoms with E-state index in [4.69, 9.17) is 0 Å². The molecule has 0 amide bonds. The van der Waals surface area contributed by atoms with E-state index in [1.807, 2.05) is 6.07 Å². The smallest absolute Gasteiger partial charge is 0.272 e. The minimum Gasteiger partial charge on any atom is -0.395 e. The predicted octanol–water partition coefficient (Wildman–Crippen LogP) is 1.93. The topological polar surface area (TPSA) is 63.4 Å². The summed E-state index contributed by atoms with van der Waals surface area (Å²) in [5.41, 5.74) is 1.72. The van der Waals surface area contributed by atoms with Crippen molar-refractivity contribution >= 4 is 5.69 Å². The second-order valence-electron chi connectivity index (χ2n) is 4.20. The molecule has 0 radical (unpaired) electrons. The summed E-state index contributed by atoms with van der Waals surface area (Å²) in [4.78, 5) is 10.2. The molecule has 80 valence electrons. The molecule has 4 nitrogen and oxygen atoms in total. The molecule has 15 heavy (non-hydrogen) atoms. The molecule has 1 N–H and O–H groups in total. The summed E-state index contributed by atoms with van der Waals surface area (Å²) in [6.45, 7) is 1.86. The highest BCUT2D eigenvalue weighted by Gasteiger charge is 2.43. The van der Waals surface area contributed by atoms with Crippen molar-refractivity contribution in [2.45, 2.75) is 25.2 Å². The standard InChI is InChI=1S/C11H13NO3/c1-8-6-9(11(7-13)4-5-11)2-3-10(8)12(14)15/h2-3,6,13H,4-5,7H2,1H3. The lowest BCUT2D eigenvalue weighted by molar-refractivity contribution is -0.385. The van der Waals surface area contributed by atoms with Gasteiger partial charge >= 0.3 is 0 Å². The fourth-order valence-corrected chi connectivity index (χ4v) is 1.88. The van der Waals surface area contributed by atoms with E-state index in [0.29, 0.717) is 5.56 Å². The Hall–Kier alpha value is -1.42. The van der Waals surface area contributed by atoms with E-state index in [2.05, 4.69) is 0 Å². The number of aliphatic hydroxyl groups is 1. The maximum absolute atomic E-state index is 10.6. The average Bonchev–Trinajstić information content (AvgIpc) is 2.97. The van der Waals surface area contributed by atoms with Crippen LogP contribution in [-0.2, 0) is 5.41 Å². The molecule has 0 heterocycles. The Morgan fingerprint density at radius 1 is 1.53 bits per heavy atom. The van der Waals surface area contributed by atoms with Gasteiger partial charge in [-0.05, 0) is 31.4 Å². The molecule has 1 aromatic rings. The highest BCUT2D eigenvalue weighted by Crippen LogP contribution is 2.48. The van der Waals surface area contributed by atoms with Crippen molar-refractivity contribution in [2.75, 3.05) is 6.61 Å². The SMILES string of the molecule is Cc1cc(C2(CO)CC2)ccc1[N+](=O)[O-]. The third-order valence-electron chi connectivity index (χ3n) is 3.16. The number of rotatable bonds is 3. The van der Waals surface area contributed by atoms with E-state index in [1.54, 1.807) is 13.0 Å². The van der Waals surface area contributed by atoms with E-state index in [0.717, 1.165) is 18.4 Å². The average molecular weight is 207 g/mol. The molecule has 1 saturated carbocycles. The van der Waals surface area contributed by atoms with E-state index in [9.17, 15) is 15.2 Å². The third kappa shape index (κ3) is 1.61. The molecule has 0 bridgehead atoms. The summed E-state index contributed by atoms with van der Waals surface area (Å²) >= 11 is 0. The van der Waals surface area contributed by atoms with Gasteiger partial charge in [0.05, 0.1) is 11.5 Å². The first-order valence-electron chi connectivity index (χ1n) is 4.95. The Bertz CT molecular complexity index is 410. The summed E-state index contributed by atoms with van der Waals surface area (Å²) < 4.78 is 0. The van der Waals surface area contributed by atoms with Crippen LogP contribution in [0, 0.1) is 17.0 Å². The van der Waals surface area contributed by atoms with Crippen molar-refractivity contribution in [3.05, 3.63) is 39.4 Å². The van der Waals surface area contributed by atoms with Crippen molar-refractivity contribution in [1.82, 2.24) is 0 Å². The van der Waals surface area contributed by atoms with Crippen LogP contribution in [0.15, 0.2) is 18.2 Å². The van der Waals surface area contributed by atoms with Crippen molar-refractivity contribution in [3.8, 4) is 0 Å². The summed E-state index contributed by atoms with van der Waals surface area (Å²) in [5.74, 6) is 0. The number of nitro benzene ring substituents is 1. The normalized spacial score (nSPS) is 17.5. The van der Waals surface area contributed by atoms with Gasteiger partial charge in [0.25, 0.3) is 5.69 Å². The zero-order chi connectivity index (χ0) is 11.1. The molecule has 1 aliphatic rings. The lowest BCUT2D eigenvalue weighted by Gasteiger charge is -2.12. The molecule has 0 atom stereocenters. The summed E-state index contributed by atoms with van der Waals surface area (Å²) in [7, 11) is 0. The summed E-state index contributed by atoms with van der Waals surface area (Å²) in [6.07, 6.45) is 1.95. The molecule has 2 rings (SSSR count). The van der Waals surface area contributed by atoms with Crippen LogP contribution in [-0.4, -0.2) is 16.6 Å². The Balaban J connectivity index is 2.38. The Morgan fingerprint density at radius 3 is 2.60 bits per heavy atom. The highest BCUT2D eigenvalue weighted by molar-refractivity contribution is 5.45. The van der Waals surface area contributed by atoms with E-state index in [-0.39, 0.29) is 22.6 Å². The van der Waals surface area contributed by atoms with Crippen molar-refractivity contribution in [3.63, 3.8) is 0 Å². The van der Waals surface area contributed by atoms with Crippen molar-refractivity contribution in [1.29, 1.82) is 0 Å². The molecule has 1 aliphatic carbocycles. The molecule has 0 aliphatic heterocycles. The molecule has 1 fully saturated rings. The summed E-state index contributed by atoms with van der Waals surface area (Å²) in [5, 5.41) is 19.9. The van der Waals surface area contributed by atoms with Gasteiger partial charge in [-0.25, -0.2) is 0 Å². The van der Waals surface area contributed by atoms with Gasteiger partial charge in [0, 0.05) is 17.0 Å². The summed E-state index contributed by atoms with van der Waals surface area (Å²) in [6, 6.07) is 5.11. The Morgan fingerprint density at radius 2 is 2.20 bits per heavy atom. The number of nitrogens with zero attached hydrogens (tertiary/aromatic N) is 1. The van der Waals surface area contributed by atoms with E-state index >= 15 is 0 Å². The monoisotopic (exact) mass is 207 g/mol. The van der Waals surface area contributed by atoms with Gasteiger partial charge in [0.15, 0.2) is 0 Å². The van der Waals surface area contributed by atoms with Gasteiger partial charge in [0.2, 0.25) is 0 Å². The molecule has 0 saturated heterocycles. The number of nitro groups is 1. The quantitative estimate of drug-likeness (QED) is 0.608. The Labute approximate surface area is 87.7 Å². The molecule has 1 aromatic carbocycles. The minimum absolute atomic E-state index is 0.111. The number of aryl methyl sites for hydroxylation is 1. The van der Waals surface area contributed by atoms with Crippen molar-refractivity contribution < 1.29 is 10.0 Å². The lowest BCUT2D eigenvalue weighted by Crippen LogP contribution is -2.12. The van der Waals surface area contributed by atoms with E-state index < -0.39 is 0 Å². The fourth-order valence-electron chi connectivity index (χ4n) is 1.88. The zero-order valence-corrected chi connectivity index (χ0v) is 8.56. The largest absolute Gasteiger partial charge is 0.395 e.